The summed E-state index contributed by atoms with van der Waals surface area (Å²) in [7, 11) is 0. The number of hydrogen-bond acceptors (Lipinski definition) is 4. The van der Waals surface area contributed by atoms with Gasteiger partial charge in [-0.1, -0.05) is 12.1 Å². The van der Waals surface area contributed by atoms with E-state index in [1.165, 1.54) is 29.7 Å². The fourth-order valence-corrected chi connectivity index (χ4v) is 5.79. The van der Waals surface area contributed by atoms with E-state index in [9.17, 15) is 4.79 Å². The molecule has 0 radical (unpaired) electrons. The van der Waals surface area contributed by atoms with Gasteiger partial charge >= 0.3 is 0 Å². The summed E-state index contributed by atoms with van der Waals surface area (Å²) in [5.74, 6) is -0.0339. The molecular weight excluding hydrogens is 436 g/mol. The molecule has 0 saturated carbocycles. The van der Waals surface area contributed by atoms with Crippen LogP contribution in [0.2, 0.25) is 0 Å². The molecule has 2 aliphatic heterocycles. The van der Waals surface area contributed by atoms with Crippen LogP contribution >= 0.6 is 0 Å². The van der Waals surface area contributed by atoms with Gasteiger partial charge in [-0.3, -0.25) is 14.7 Å². The minimum absolute atomic E-state index is 0.0339. The first-order chi connectivity index (χ1) is 17.3. The Kier molecular flexibility index (Phi) is 6.23. The van der Waals surface area contributed by atoms with Crippen LogP contribution < -0.4 is 5.32 Å². The number of hydrogen-bond donors (Lipinski definition) is 2. The number of aromatic amines is 1. The van der Waals surface area contributed by atoms with E-state index in [0.29, 0.717) is 0 Å². The van der Waals surface area contributed by atoms with Gasteiger partial charge in [0, 0.05) is 48.1 Å². The van der Waals surface area contributed by atoms with Gasteiger partial charge in [-0.25, -0.2) is 0 Å². The highest BCUT2D eigenvalue weighted by Crippen LogP contribution is 2.41. The van der Waals surface area contributed by atoms with Crippen molar-refractivity contribution in [3.8, 4) is 11.1 Å². The average Bonchev–Trinajstić information content (AvgIpc) is 3.42. The number of carbonyl (C=O) groups excluding carboxylic acids is 1. The van der Waals surface area contributed by atoms with Crippen molar-refractivity contribution < 1.29 is 9.53 Å². The van der Waals surface area contributed by atoms with Crippen molar-refractivity contribution in [2.24, 2.45) is 0 Å². The van der Waals surface area contributed by atoms with E-state index in [1.54, 1.807) is 12.4 Å². The third-order valence-corrected chi connectivity index (χ3v) is 7.55. The summed E-state index contributed by atoms with van der Waals surface area (Å²) < 4.78 is 5.50. The summed E-state index contributed by atoms with van der Waals surface area (Å²) in [6.45, 7) is 4.82. The number of H-pyrrole nitrogens is 1. The second-order valence-electron chi connectivity index (χ2n) is 9.72. The van der Waals surface area contributed by atoms with Crippen molar-refractivity contribution in [2.45, 2.75) is 38.5 Å². The summed E-state index contributed by atoms with van der Waals surface area (Å²) in [4.78, 5) is 23.6. The molecule has 1 amide bonds. The Morgan fingerprint density at radius 2 is 1.89 bits per heavy atom. The molecule has 3 aliphatic rings. The molecule has 0 atom stereocenters. The zero-order chi connectivity index (χ0) is 23.6. The topological polar surface area (TPSA) is 70.2 Å². The number of anilines is 1. The molecule has 6 heteroatoms. The van der Waals surface area contributed by atoms with Gasteiger partial charge < -0.3 is 15.0 Å². The van der Waals surface area contributed by atoms with Crippen LogP contribution in [-0.2, 0) is 28.8 Å². The molecule has 6 nitrogen and oxygen atoms in total. The Balaban J connectivity index is 1.36. The van der Waals surface area contributed by atoms with Crippen LogP contribution in [0.1, 0.15) is 47.3 Å². The highest BCUT2D eigenvalue weighted by molar-refractivity contribution is 6.36. The number of ether oxygens (including phenoxy) is 1. The summed E-state index contributed by atoms with van der Waals surface area (Å²) in [6.07, 6.45) is 12.6. The van der Waals surface area contributed by atoms with Crippen LogP contribution in [0, 0.1) is 0 Å². The van der Waals surface area contributed by atoms with E-state index in [2.05, 4.69) is 32.3 Å². The van der Waals surface area contributed by atoms with Gasteiger partial charge in [-0.05, 0) is 91.6 Å². The number of aryl methyl sites for hydroxylation is 1. The van der Waals surface area contributed by atoms with E-state index in [0.717, 1.165) is 92.2 Å². The van der Waals surface area contributed by atoms with E-state index >= 15 is 0 Å². The maximum atomic E-state index is 13.2. The highest BCUT2D eigenvalue weighted by atomic mass is 16.5. The van der Waals surface area contributed by atoms with Gasteiger partial charge in [0.25, 0.3) is 5.91 Å². The number of amides is 1. The van der Waals surface area contributed by atoms with Crippen molar-refractivity contribution >= 4 is 23.2 Å². The molecule has 2 N–H and O–H groups in total. The van der Waals surface area contributed by atoms with Crippen LogP contribution in [0.4, 0.5) is 5.69 Å². The molecule has 4 heterocycles. The molecule has 1 aromatic carbocycles. The third kappa shape index (κ3) is 4.44. The zero-order valence-corrected chi connectivity index (χ0v) is 20.1. The second kappa shape index (κ2) is 9.80. The van der Waals surface area contributed by atoms with Gasteiger partial charge in [0.1, 0.15) is 0 Å². The summed E-state index contributed by atoms with van der Waals surface area (Å²) in [5, 5.41) is 3.09. The maximum absolute atomic E-state index is 13.2. The van der Waals surface area contributed by atoms with Crippen molar-refractivity contribution in [2.75, 3.05) is 38.2 Å². The monoisotopic (exact) mass is 468 g/mol. The van der Waals surface area contributed by atoms with Gasteiger partial charge in [0.05, 0.1) is 18.8 Å². The molecule has 6 rings (SSSR count). The number of nitrogens with zero attached hydrogens (tertiary/aromatic N) is 2. The standard InChI is InChI=1S/C29H32N4O2/c34-29-24(28-21(6-3-9-26(28)32-29)20-10-12-30-13-11-20)19-27-23(22-5-1-2-8-25(22)31-27)7-4-14-33-15-17-35-18-16-33/h3,6,9-13,19,31H,1-2,4-5,7-8,14-18H2,(H,32,34)/b24-19+. The molecule has 3 aromatic rings. The van der Waals surface area contributed by atoms with Crippen LogP contribution in [-0.4, -0.2) is 53.6 Å². The van der Waals surface area contributed by atoms with Crippen LogP contribution in [0.5, 0.6) is 0 Å². The highest BCUT2D eigenvalue weighted by Gasteiger charge is 2.28. The SMILES string of the molecule is O=C1Nc2cccc(-c3ccncc3)c2/C1=C\c1[nH]c2c(c1CCCN1CCOCC1)CCCC2. The number of benzene rings is 1. The van der Waals surface area contributed by atoms with Gasteiger partial charge in [-0.2, -0.15) is 0 Å². The molecule has 0 bridgehead atoms. The zero-order valence-electron chi connectivity index (χ0n) is 20.1. The Labute approximate surface area is 206 Å². The van der Waals surface area contributed by atoms with Crippen molar-refractivity contribution in [1.29, 1.82) is 0 Å². The van der Waals surface area contributed by atoms with Crippen molar-refractivity contribution in [3.63, 3.8) is 0 Å². The molecule has 2 aromatic heterocycles. The van der Waals surface area contributed by atoms with E-state index in [1.807, 2.05) is 24.3 Å². The Morgan fingerprint density at radius 3 is 2.74 bits per heavy atom. The summed E-state index contributed by atoms with van der Waals surface area (Å²) in [5.41, 5.74) is 10.1. The maximum Gasteiger partial charge on any atom is 0.256 e. The Morgan fingerprint density at radius 1 is 1.06 bits per heavy atom. The molecule has 0 spiro atoms. The van der Waals surface area contributed by atoms with Crippen LogP contribution in [0.25, 0.3) is 22.8 Å². The predicted octanol–water partition coefficient (Wildman–Crippen LogP) is 4.71. The Hall–Kier alpha value is -3.22. The number of carbonyl (C=O) groups is 1. The number of fused-ring (bicyclic) bond motifs is 2. The number of nitrogens with one attached hydrogen (secondary N) is 2. The van der Waals surface area contributed by atoms with Gasteiger partial charge in [0.2, 0.25) is 0 Å². The summed E-state index contributed by atoms with van der Waals surface area (Å²) in [6, 6.07) is 10.1. The number of pyridine rings is 1. The third-order valence-electron chi connectivity index (χ3n) is 7.55. The normalized spacial score (nSPS) is 19.0. The van der Waals surface area contributed by atoms with Crippen LogP contribution in [0.15, 0.2) is 42.7 Å². The number of morpholine rings is 1. The molecular formula is C29H32N4O2. The second-order valence-corrected chi connectivity index (χ2v) is 9.72. The van der Waals surface area contributed by atoms with Gasteiger partial charge in [-0.15, -0.1) is 0 Å². The lowest BCUT2D eigenvalue weighted by Crippen LogP contribution is -2.37. The lowest BCUT2D eigenvalue weighted by molar-refractivity contribution is -0.110. The lowest BCUT2D eigenvalue weighted by atomic mass is 9.91. The average molecular weight is 469 g/mol. The number of aromatic nitrogens is 2. The lowest BCUT2D eigenvalue weighted by Gasteiger charge is -2.26. The first-order valence-electron chi connectivity index (χ1n) is 12.9. The molecule has 35 heavy (non-hydrogen) atoms. The largest absolute Gasteiger partial charge is 0.379 e. The quantitative estimate of drug-likeness (QED) is 0.514. The minimum atomic E-state index is -0.0339. The fraction of sp³-hybridized carbons (Fsp3) is 0.379. The molecule has 1 aliphatic carbocycles. The number of rotatable bonds is 6. The van der Waals surface area contributed by atoms with Crippen LogP contribution in [0.3, 0.4) is 0 Å². The molecule has 180 valence electrons. The van der Waals surface area contributed by atoms with Crippen molar-refractivity contribution in [1.82, 2.24) is 14.9 Å². The van der Waals surface area contributed by atoms with E-state index in [4.69, 9.17) is 4.74 Å². The van der Waals surface area contributed by atoms with E-state index < -0.39 is 0 Å². The smallest absolute Gasteiger partial charge is 0.256 e. The molecule has 1 fully saturated rings. The summed E-state index contributed by atoms with van der Waals surface area (Å²) >= 11 is 0. The predicted molar refractivity (Wildman–Crippen MR) is 139 cm³/mol. The first kappa shape index (κ1) is 22.3. The van der Waals surface area contributed by atoms with Crippen molar-refractivity contribution in [3.05, 3.63) is 70.8 Å². The van der Waals surface area contributed by atoms with E-state index in [-0.39, 0.29) is 5.91 Å². The first-order valence-corrected chi connectivity index (χ1v) is 12.9. The van der Waals surface area contributed by atoms with Gasteiger partial charge in [0.15, 0.2) is 0 Å². The molecule has 0 unspecified atom stereocenters. The minimum Gasteiger partial charge on any atom is -0.379 e. The fourth-order valence-electron chi connectivity index (χ4n) is 5.79. The molecule has 1 saturated heterocycles. The Bertz CT molecular complexity index is 1260.